The Balaban J connectivity index is 2.29. The Kier molecular flexibility index (Phi) is 4.45. The first-order valence-electron chi connectivity index (χ1n) is 6.02. The maximum Gasteiger partial charge on any atom is 0.300 e. The van der Waals surface area contributed by atoms with Crippen LogP contribution in [-0.4, -0.2) is 19.1 Å². The minimum atomic E-state index is -0.523. The molecule has 0 aliphatic heterocycles. The molecule has 0 atom stereocenters. The lowest BCUT2D eigenvalue weighted by molar-refractivity contribution is -0.384. The molecule has 0 aliphatic rings. The number of azo groups is 1. The lowest BCUT2D eigenvalue weighted by atomic mass is 10.2. The topological polar surface area (TPSA) is 86.3 Å². The maximum absolute atomic E-state index is 11.0. The number of ether oxygens (including phenoxy) is 2. The van der Waals surface area contributed by atoms with Crippen molar-refractivity contribution in [2.45, 2.75) is 0 Å². The first kappa shape index (κ1) is 14.4. The van der Waals surface area contributed by atoms with Gasteiger partial charge in [-0.15, -0.1) is 5.11 Å². The molecular formula is C14H13N3O4. The maximum atomic E-state index is 11.0. The van der Waals surface area contributed by atoms with E-state index in [0.717, 1.165) is 0 Å². The Bertz CT molecular complexity index is 668. The molecule has 7 heteroatoms. The minimum absolute atomic E-state index is 0.161. The fourth-order valence-electron chi connectivity index (χ4n) is 1.62. The molecule has 0 aromatic heterocycles. The van der Waals surface area contributed by atoms with Crippen molar-refractivity contribution in [2.75, 3.05) is 14.2 Å². The summed E-state index contributed by atoms with van der Waals surface area (Å²) in [6.07, 6.45) is 0. The van der Waals surface area contributed by atoms with E-state index in [1.807, 2.05) is 0 Å². The molecule has 0 amide bonds. The molecule has 2 rings (SSSR count). The van der Waals surface area contributed by atoms with Crippen LogP contribution < -0.4 is 9.47 Å². The highest BCUT2D eigenvalue weighted by Gasteiger charge is 2.14. The van der Waals surface area contributed by atoms with Gasteiger partial charge in [-0.1, -0.05) is 0 Å². The lowest BCUT2D eigenvalue weighted by Gasteiger charge is -2.01. The van der Waals surface area contributed by atoms with Crippen molar-refractivity contribution in [3.05, 3.63) is 52.6 Å². The number of hydrogen-bond acceptors (Lipinski definition) is 6. The highest BCUT2D eigenvalue weighted by Crippen LogP contribution is 2.32. The van der Waals surface area contributed by atoms with Crippen LogP contribution in [0.15, 0.2) is 52.7 Å². The summed E-state index contributed by atoms with van der Waals surface area (Å²) >= 11 is 0. The Hall–Kier alpha value is -2.96. The third-order valence-electron chi connectivity index (χ3n) is 2.72. The SMILES string of the molecule is COc1ccc(N=Nc2ccc(OC)cc2[N+](=O)[O-])cc1. The van der Waals surface area contributed by atoms with Crippen LogP contribution in [0.3, 0.4) is 0 Å². The van der Waals surface area contributed by atoms with E-state index in [2.05, 4.69) is 10.2 Å². The van der Waals surface area contributed by atoms with E-state index in [1.165, 1.54) is 19.2 Å². The number of benzene rings is 2. The minimum Gasteiger partial charge on any atom is -0.497 e. The van der Waals surface area contributed by atoms with Crippen LogP contribution in [0.4, 0.5) is 17.1 Å². The molecule has 2 aromatic carbocycles. The van der Waals surface area contributed by atoms with E-state index in [-0.39, 0.29) is 11.4 Å². The highest BCUT2D eigenvalue weighted by molar-refractivity contribution is 5.60. The van der Waals surface area contributed by atoms with Gasteiger partial charge in [0.05, 0.1) is 30.9 Å². The van der Waals surface area contributed by atoms with E-state index in [1.54, 1.807) is 37.4 Å². The van der Waals surface area contributed by atoms with E-state index in [4.69, 9.17) is 9.47 Å². The zero-order valence-electron chi connectivity index (χ0n) is 11.5. The van der Waals surface area contributed by atoms with Gasteiger partial charge in [0.25, 0.3) is 5.69 Å². The van der Waals surface area contributed by atoms with Crippen molar-refractivity contribution in [1.82, 2.24) is 0 Å². The van der Waals surface area contributed by atoms with Gasteiger partial charge in [-0.2, -0.15) is 5.11 Å². The van der Waals surface area contributed by atoms with Crippen LogP contribution in [0.1, 0.15) is 0 Å². The molecule has 0 saturated carbocycles. The van der Waals surface area contributed by atoms with Gasteiger partial charge < -0.3 is 9.47 Å². The van der Waals surface area contributed by atoms with Crippen LogP contribution in [0, 0.1) is 10.1 Å². The molecule has 0 spiro atoms. The zero-order chi connectivity index (χ0) is 15.2. The van der Waals surface area contributed by atoms with Crippen molar-refractivity contribution < 1.29 is 14.4 Å². The summed E-state index contributed by atoms with van der Waals surface area (Å²) in [5.41, 5.74) is 0.573. The molecule has 0 fully saturated rings. The van der Waals surface area contributed by atoms with Crippen LogP contribution in [-0.2, 0) is 0 Å². The number of rotatable bonds is 5. The Morgan fingerprint density at radius 3 is 2.14 bits per heavy atom. The van der Waals surface area contributed by atoms with E-state index in [9.17, 15) is 10.1 Å². The smallest absolute Gasteiger partial charge is 0.300 e. The highest BCUT2D eigenvalue weighted by atomic mass is 16.6. The number of nitro benzene ring substituents is 1. The van der Waals surface area contributed by atoms with Gasteiger partial charge in [0.2, 0.25) is 0 Å². The monoisotopic (exact) mass is 287 g/mol. The Morgan fingerprint density at radius 2 is 1.57 bits per heavy atom. The van der Waals surface area contributed by atoms with Crippen molar-refractivity contribution in [2.24, 2.45) is 10.2 Å². The number of nitrogens with zero attached hydrogens (tertiary/aromatic N) is 3. The normalized spacial score (nSPS) is 10.6. The molecule has 21 heavy (non-hydrogen) atoms. The summed E-state index contributed by atoms with van der Waals surface area (Å²) in [6, 6.07) is 11.3. The van der Waals surface area contributed by atoms with E-state index >= 15 is 0 Å². The van der Waals surface area contributed by atoms with Gasteiger partial charge in [-0.25, -0.2) is 0 Å². The second-order valence-corrected chi connectivity index (χ2v) is 4.01. The van der Waals surface area contributed by atoms with Crippen LogP contribution in [0.2, 0.25) is 0 Å². The first-order valence-corrected chi connectivity index (χ1v) is 6.02. The Labute approximate surface area is 121 Å². The van der Waals surface area contributed by atoms with Gasteiger partial charge in [0.1, 0.15) is 11.5 Å². The van der Waals surface area contributed by atoms with Gasteiger partial charge >= 0.3 is 0 Å². The summed E-state index contributed by atoms with van der Waals surface area (Å²) < 4.78 is 9.99. The second kappa shape index (κ2) is 6.47. The fraction of sp³-hybridized carbons (Fsp3) is 0.143. The van der Waals surface area contributed by atoms with Crippen LogP contribution in [0.5, 0.6) is 11.5 Å². The quantitative estimate of drug-likeness (QED) is 0.472. The molecule has 7 nitrogen and oxygen atoms in total. The standard InChI is InChI=1S/C14H13N3O4/c1-20-11-5-3-10(4-6-11)15-16-13-8-7-12(21-2)9-14(13)17(18)19/h3-9H,1-2H3. The average Bonchev–Trinajstić information content (AvgIpc) is 2.53. The summed E-state index contributed by atoms with van der Waals surface area (Å²) in [5.74, 6) is 1.09. The third kappa shape index (κ3) is 3.53. The van der Waals surface area contributed by atoms with Crippen molar-refractivity contribution in [1.29, 1.82) is 0 Å². The molecule has 0 heterocycles. The number of hydrogen-bond donors (Lipinski definition) is 0. The van der Waals surface area contributed by atoms with E-state index < -0.39 is 4.92 Å². The molecule has 0 N–H and O–H groups in total. The average molecular weight is 287 g/mol. The third-order valence-corrected chi connectivity index (χ3v) is 2.72. The summed E-state index contributed by atoms with van der Waals surface area (Å²) in [5, 5.41) is 18.9. The predicted molar refractivity (Wildman–Crippen MR) is 76.8 cm³/mol. The van der Waals surface area contributed by atoms with Crippen molar-refractivity contribution in [3.8, 4) is 11.5 Å². The lowest BCUT2D eigenvalue weighted by Crippen LogP contribution is -1.90. The molecule has 0 aliphatic carbocycles. The molecular weight excluding hydrogens is 274 g/mol. The molecule has 108 valence electrons. The number of methoxy groups -OCH3 is 2. The molecule has 0 saturated heterocycles. The Morgan fingerprint density at radius 1 is 0.952 bits per heavy atom. The van der Waals surface area contributed by atoms with Crippen LogP contribution in [0.25, 0.3) is 0 Å². The summed E-state index contributed by atoms with van der Waals surface area (Å²) in [6.45, 7) is 0. The van der Waals surface area contributed by atoms with Gasteiger partial charge in [0, 0.05) is 0 Å². The van der Waals surface area contributed by atoms with Crippen molar-refractivity contribution >= 4 is 17.1 Å². The number of nitro groups is 1. The van der Waals surface area contributed by atoms with Crippen molar-refractivity contribution in [3.63, 3.8) is 0 Å². The fourth-order valence-corrected chi connectivity index (χ4v) is 1.62. The first-order chi connectivity index (χ1) is 10.1. The van der Waals surface area contributed by atoms with Crippen LogP contribution >= 0.6 is 0 Å². The molecule has 2 aromatic rings. The molecule has 0 bridgehead atoms. The van der Waals surface area contributed by atoms with Gasteiger partial charge in [-0.3, -0.25) is 10.1 Å². The van der Waals surface area contributed by atoms with E-state index in [0.29, 0.717) is 17.2 Å². The predicted octanol–water partition coefficient (Wildman–Crippen LogP) is 4.03. The van der Waals surface area contributed by atoms with Gasteiger partial charge in [-0.05, 0) is 36.4 Å². The molecule has 0 unspecified atom stereocenters. The second-order valence-electron chi connectivity index (χ2n) is 4.01. The van der Waals surface area contributed by atoms with Gasteiger partial charge in [0.15, 0.2) is 5.69 Å². The summed E-state index contributed by atoms with van der Waals surface area (Å²) in [4.78, 5) is 10.5. The molecule has 0 radical (unpaired) electrons. The summed E-state index contributed by atoms with van der Waals surface area (Å²) in [7, 11) is 3.01. The largest absolute Gasteiger partial charge is 0.497 e. The zero-order valence-corrected chi connectivity index (χ0v) is 11.5.